The Balaban J connectivity index is 0.00000364. The zero-order valence-corrected chi connectivity index (χ0v) is 19.1. The quantitative estimate of drug-likeness (QED) is 0.234. The highest BCUT2D eigenvalue weighted by molar-refractivity contribution is 14.0. The third-order valence-electron chi connectivity index (χ3n) is 3.76. The summed E-state index contributed by atoms with van der Waals surface area (Å²) in [5, 5.41) is 10.3. The van der Waals surface area contributed by atoms with E-state index in [1.54, 1.807) is 49.8 Å². The lowest BCUT2D eigenvalue weighted by molar-refractivity contribution is 0.0954. The van der Waals surface area contributed by atoms with Gasteiger partial charge in [0.1, 0.15) is 10.8 Å². The number of rotatable bonds is 7. The van der Waals surface area contributed by atoms with Crippen LogP contribution in [0.5, 0.6) is 5.75 Å². The first-order valence-corrected chi connectivity index (χ1v) is 9.14. The number of methoxy groups -OCH3 is 1. The van der Waals surface area contributed by atoms with E-state index >= 15 is 0 Å². The number of halogens is 1. The summed E-state index contributed by atoms with van der Waals surface area (Å²) in [4.78, 5) is 22.0. The maximum atomic E-state index is 12.1. The summed E-state index contributed by atoms with van der Waals surface area (Å²) in [6.45, 7) is 5.75. The van der Waals surface area contributed by atoms with Gasteiger partial charge in [0, 0.05) is 30.6 Å². The van der Waals surface area contributed by atoms with Gasteiger partial charge < -0.3 is 20.7 Å². The van der Waals surface area contributed by atoms with E-state index in [0.29, 0.717) is 31.2 Å². The van der Waals surface area contributed by atoms with Crippen LogP contribution >= 0.6 is 35.3 Å². The van der Waals surface area contributed by atoms with Gasteiger partial charge in [0.25, 0.3) is 5.91 Å². The predicted octanol–water partition coefficient (Wildman–Crippen LogP) is 2.48. The lowest BCUT2D eigenvalue weighted by Crippen LogP contribution is -2.41. The molecule has 1 amide bonds. The van der Waals surface area contributed by atoms with Gasteiger partial charge in [-0.25, -0.2) is 4.98 Å². The summed E-state index contributed by atoms with van der Waals surface area (Å²) in [6, 6.07) is 7.00. The number of nitrogens with one attached hydrogen (secondary N) is 3. The van der Waals surface area contributed by atoms with Crippen LogP contribution in [0.1, 0.15) is 25.9 Å². The highest BCUT2D eigenvalue weighted by Gasteiger charge is 2.06. The molecule has 9 heteroatoms. The Morgan fingerprint density at radius 3 is 2.37 bits per heavy atom. The molecule has 0 saturated heterocycles. The normalized spacial score (nSPS) is 10.7. The molecule has 0 aliphatic rings. The van der Waals surface area contributed by atoms with Crippen LogP contribution in [-0.4, -0.2) is 44.1 Å². The van der Waals surface area contributed by atoms with E-state index in [-0.39, 0.29) is 29.9 Å². The fourth-order valence-electron chi connectivity index (χ4n) is 2.20. The van der Waals surface area contributed by atoms with Crippen LogP contribution in [0, 0.1) is 13.8 Å². The summed E-state index contributed by atoms with van der Waals surface area (Å²) in [5.74, 6) is 1.28. The van der Waals surface area contributed by atoms with Gasteiger partial charge in [0.2, 0.25) is 0 Å². The lowest BCUT2D eigenvalue weighted by atomic mass is 10.2. The van der Waals surface area contributed by atoms with Gasteiger partial charge in [-0.05, 0) is 38.1 Å². The fraction of sp³-hybridized carbons (Fsp3) is 0.389. The molecule has 0 atom stereocenters. The van der Waals surface area contributed by atoms with Crippen LogP contribution in [0.15, 0.2) is 29.3 Å². The molecule has 7 nitrogen and oxygen atoms in total. The molecular formula is C18H26IN5O2S. The van der Waals surface area contributed by atoms with E-state index in [0.717, 1.165) is 16.5 Å². The third-order valence-corrected chi connectivity index (χ3v) is 4.83. The Kier molecular flexibility index (Phi) is 10.1. The van der Waals surface area contributed by atoms with Crippen LogP contribution in [0.3, 0.4) is 0 Å². The van der Waals surface area contributed by atoms with Crippen molar-refractivity contribution in [2.45, 2.75) is 20.4 Å². The molecule has 1 aromatic carbocycles. The molecule has 148 valence electrons. The van der Waals surface area contributed by atoms with Crippen LogP contribution in [0.2, 0.25) is 0 Å². The number of guanidine groups is 1. The fourth-order valence-corrected chi connectivity index (χ4v) is 3.07. The zero-order chi connectivity index (χ0) is 18.9. The Bertz CT molecular complexity index is 742. The van der Waals surface area contributed by atoms with Crippen molar-refractivity contribution in [3.63, 3.8) is 0 Å². The van der Waals surface area contributed by atoms with Gasteiger partial charge >= 0.3 is 0 Å². The van der Waals surface area contributed by atoms with Crippen LogP contribution in [-0.2, 0) is 6.54 Å². The molecular weight excluding hydrogens is 477 g/mol. The Labute approximate surface area is 181 Å². The molecule has 0 radical (unpaired) electrons. The van der Waals surface area contributed by atoms with Crippen molar-refractivity contribution < 1.29 is 9.53 Å². The summed E-state index contributed by atoms with van der Waals surface area (Å²) < 4.78 is 5.08. The van der Waals surface area contributed by atoms with Crippen LogP contribution in [0.4, 0.5) is 0 Å². The van der Waals surface area contributed by atoms with E-state index in [1.807, 2.05) is 6.92 Å². The Morgan fingerprint density at radius 2 is 1.81 bits per heavy atom. The largest absolute Gasteiger partial charge is 0.497 e. The number of aliphatic imine (C=N–C) groups is 1. The number of aryl methyl sites for hydroxylation is 2. The molecule has 1 heterocycles. The SMILES string of the molecule is CN=C(NCCNC(=O)c1ccc(OC)cc1)NCc1nc(C)c(C)s1.I. The summed E-state index contributed by atoms with van der Waals surface area (Å²) in [6.07, 6.45) is 0. The summed E-state index contributed by atoms with van der Waals surface area (Å²) >= 11 is 1.68. The highest BCUT2D eigenvalue weighted by atomic mass is 127. The van der Waals surface area contributed by atoms with Crippen molar-refractivity contribution in [3.05, 3.63) is 45.4 Å². The van der Waals surface area contributed by atoms with E-state index in [4.69, 9.17) is 4.74 Å². The molecule has 27 heavy (non-hydrogen) atoms. The molecule has 0 aliphatic carbocycles. The van der Waals surface area contributed by atoms with Gasteiger partial charge in [0.05, 0.1) is 19.3 Å². The summed E-state index contributed by atoms with van der Waals surface area (Å²) in [7, 11) is 3.31. The maximum Gasteiger partial charge on any atom is 0.251 e. The number of nitrogens with zero attached hydrogens (tertiary/aromatic N) is 2. The Hall–Kier alpha value is -1.88. The third kappa shape index (κ3) is 7.33. The lowest BCUT2D eigenvalue weighted by Gasteiger charge is -2.11. The van der Waals surface area contributed by atoms with Crippen LogP contribution < -0.4 is 20.7 Å². The molecule has 2 aromatic rings. The molecule has 0 aliphatic heterocycles. The van der Waals surface area contributed by atoms with Gasteiger partial charge in [-0.1, -0.05) is 0 Å². The average Bonchev–Trinajstić information content (AvgIpc) is 2.98. The predicted molar refractivity (Wildman–Crippen MR) is 121 cm³/mol. The molecule has 0 bridgehead atoms. The number of aromatic nitrogens is 1. The summed E-state index contributed by atoms with van der Waals surface area (Å²) in [5.41, 5.74) is 1.67. The minimum Gasteiger partial charge on any atom is -0.497 e. The molecule has 3 N–H and O–H groups in total. The second kappa shape index (κ2) is 11.8. The van der Waals surface area contributed by atoms with Gasteiger partial charge in [-0.3, -0.25) is 9.79 Å². The van der Waals surface area contributed by atoms with Crippen molar-refractivity contribution in [3.8, 4) is 5.75 Å². The van der Waals surface area contributed by atoms with Gasteiger partial charge in [-0.2, -0.15) is 0 Å². The minimum absolute atomic E-state index is 0. The van der Waals surface area contributed by atoms with Gasteiger partial charge in [-0.15, -0.1) is 35.3 Å². The molecule has 1 aromatic heterocycles. The van der Waals surface area contributed by atoms with E-state index in [2.05, 4.69) is 32.9 Å². The number of hydrogen-bond donors (Lipinski definition) is 3. The van der Waals surface area contributed by atoms with E-state index in [1.165, 1.54) is 4.88 Å². The minimum atomic E-state index is -0.119. The smallest absolute Gasteiger partial charge is 0.251 e. The maximum absolute atomic E-state index is 12.1. The topological polar surface area (TPSA) is 87.6 Å². The molecule has 0 fully saturated rings. The number of ether oxygens (including phenoxy) is 1. The average molecular weight is 503 g/mol. The first-order chi connectivity index (χ1) is 12.5. The second-order valence-corrected chi connectivity index (χ2v) is 6.87. The molecule has 0 unspecified atom stereocenters. The first-order valence-electron chi connectivity index (χ1n) is 8.33. The number of hydrogen-bond acceptors (Lipinski definition) is 5. The monoisotopic (exact) mass is 503 g/mol. The number of benzene rings is 1. The standard InChI is InChI=1S/C18H25N5O2S.HI/c1-12-13(2)26-16(23-12)11-22-18(19-3)21-10-9-20-17(24)14-5-7-15(25-4)8-6-14;/h5-8H,9-11H2,1-4H3,(H,20,24)(H2,19,21,22);1H. The molecule has 0 saturated carbocycles. The second-order valence-electron chi connectivity index (χ2n) is 5.59. The Morgan fingerprint density at radius 1 is 1.15 bits per heavy atom. The first kappa shape index (κ1) is 23.2. The van der Waals surface area contributed by atoms with Gasteiger partial charge in [0.15, 0.2) is 5.96 Å². The van der Waals surface area contributed by atoms with Crippen molar-refractivity contribution in [2.75, 3.05) is 27.2 Å². The van der Waals surface area contributed by atoms with Crippen LogP contribution in [0.25, 0.3) is 0 Å². The van der Waals surface area contributed by atoms with Crippen molar-refractivity contribution in [2.24, 2.45) is 4.99 Å². The van der Waals surface area contributed by atoms with E-state index < -0.39 is 0 Å². The highest BCUT2D eigenvalue weighted by Crippen LogP contribution is 2.15. The number of carbonyl (C=O) groups is 1. The number of amides is 1. The number of carbonyl (C=O) groups excluding carboxylic acids is 1. The zero-order valence-electron chi connectivity index (χ0n) is 16.0. The van der Waals surface area contributed by atoms with Crippen molar-refractivity contribution >= 4 is 47.2 Å². The van der Waals surface area contributed by atoms with Crippen molar-refractivity contribution in [1.82, 2.24) is 20.9 Å². The molecule has 0 spiro atoms. The molecule has 2 rings (SSSR count). The van der Waals surface area contributed by atoms with Crippen molar-refractivity contribution in [1.29, 1.82) is 0 Å². The number of thiazole rings is 1. The van der Waals surface area contributed by atoms with E-state index in [9.17, 15) is 4.79 Å².